The SMILES string of the molecule is NC(=O)C1CCCCN1C(=O)Cn1ccc(N)n1. The van der Waals surface area contributed by atoms with Crippen LogP contribution in [0.25, 0.3) is 0 Å². The molecule has 18 heavy (non-hydrogen) atoms. The van der Waals surface area contributed by atoms with Crippen LogP contribution in [0.15, 0.2) is 12.3 Å². The molecule has 0 bridgehead atoms. The van der Waals surface area contributed by atoms with Gasteiger partial charge in [0, 0.05) is 12.7 Å². The summed E-state index contributed by atoms with van der Waals surface area (Å²) in [7, 11) is 0. The molecule has 1 saturated heterocycles. The molecule has 0 saturated carbocycles. The molecule has 2 amide bonds. The molecule has 1 aliphatic rings. The van der Waals surface area contributed by atoms with Crippen molar-refractivity contribution in [2.45, 2.75) is 31.8 Å². The lowest BCUT2D eigenvalue weighted by Crippen LogP contribution is -2.51. The summed E-state index contributed by atoms with van der Waals surface area (Å²) in [6, 6.07) is 1.13. The van der Waals surface area contributed by atoms with Crippen LogP contribution in [-0.4, -0.2) is 39.1 Å². The Hall–Kier alpha value is -2.05. The summed E-state index contributed by atoms with van der Waals surface area (Å²) in [5.41, 5.74) is 10.8. The zero-order valence-corrected chi connectivity index (χ0v) is 10.1. The molecule has 0 spiro atoms. The van der Waals surface area contributed by atoms with Gasteiger partial charge in [0.25, 0.3) is 0 Å². The topological polar surface area (TPSA) is 107 Å². The van der Waals surface area contributed by atoms with Crippen LogP contribution in [-0.2, 0) is 16.1 Å². The Morgan fingerprint density at radius 1 is 1.44 bits per heavy atom. The summed E-state index contributed by atoms with van der Waals surface area (Å²) >= 11 is 0. The first-order valence-electron chi connectivity index (χ1n) is 5.95. The van der Waals surface area contributed by atoms with Gasteiger partial charge in [0.15, 0.2) is 0 Å². The highest BCUT2D eigenvalue weighted by Gasteiger charge is 2.30. The number of primary amides is 1. The predicted molar refractivity (Wildman–Crippen MR) is 65.2 cm³/mol. The summed E-state index contributed by atoms with van der Waals surface area (Å²) in [6.45, 7) is 0.657. The van der Waals surface area contributed by atoms with E-state index in [-0.39, 0.29) is 12.5 Å². The highest BCUT2D eigenvalue weighted by atomic mass is 16.2. The molecule has 1 atom stereocenters. The lowest BCUT2D eigenvalue weighted by atomic mass is 10.0. The summed E-state index contributed by atoms with van der Waals surface area (Å²) < 4.78 is 1.46. The smallest absolute Gasteiger partial charge is 0.244 e. The zero-order chi connectivity index (χ0) is 13.1. The van der Waals surface area contributed by atoms with E-state index in [1.807, 2.05) is 0 Å². The van der Waals surface area contributed by atoms with Gasteiger partial charge in [-0.1, -0.05) is 0 Å². The highest BCUT2D eigenvalue weighted by Crippen LogP contribution is 2.17. The molecule has 1 aliphatic heterocycles. The summed E-state index contributed by atoms with van der Waals surface area (Å²) in [5, 5.41) is 3.95. The van der Waals surface area contributed by atoms with Crippen molar-refractivity contribution in [1.29, 1.82) is 0 Å². The molecule has 0 radical (unpaired) electrons. The number of nitrogens with zero attached hydrogens (tertiary/aromatic N) is 3. The first-order chi connectivity index (χ1) is 8.58. The van der Waals surface area contributed by atoms with Gasteiger partial charge >= 0.3 is 0 Å². The molecule has 0 aliphatic carbocycles. The Kier molecular flexibility index (Phi) is 3.50. The number of carbonyl (C=O) groups is 2. The van der Waals surface area contributed by atoms with Crippen molar-refractivity contribution < 1.29 is 9.59 Å². The van der Waals surface area contributed by atoms with Crippen molar-refractivity contribution >= 4 is 17.6 Å². The molecular weight excluding hydrogens is 234 g/mol. The molecule has 4 N–H and O–H groups in total. The Morgan fingerprint density at radius 2 is 2.22 bits per heavy atom. The third-order valence-electron chi connectivity index (χ3n) is 3.11. The standard InChI is InChI=1S/C11H17N5O2/c12-9-4-6-15(14-9)7-10(17)16-5-2-1-3-8(16)11(13)18/h4,6,8H,1-3,5,7H2,(H2,12,14)(H2,13,18). The van der Waals surface area contributed by atoms with Gasteiger partial charge in [0.05, 0.1) is 0 Å². The molecule has 2 rings (SSSR count). The lowest BCUT2D eigenvalue weighted by Gasteiger charge is -2.33. The first kappa shape index (κ1) is 12.4. The monoisotopic (exact) mass is 251 g/mol. The molecule has 1 fully saturated rings. The van der Waals surface area contributed by atoms with Crippen LogP contribution in [0.1, 0.15) is 19.3 Å². The number of hydrogen-bond donors (Lipinski definition) is 2. The van der Waals surface area contributed by atoms with Crippen LogP contribution in [0.2, 0.25) is 0 Å². The van der Waals surface area contributed by atoms with Crippen molar-refractivity contribution in [3.05, 3.63) is 12.3 Å². The van der Waals surface area contributed by atoms with E-state index in [4.69, 9.17) is 11.5 Å². The molecule has 1 unspecified atom stereocenters. The van der Waals surface area contributed by atoms with Crippen molar-refractivity contribution in [3.8, 4) is 0 Å². The number of piperidine rings is 1. The summed E-state index contributed by atoms with van der Waals surface area (Å²) in [4.78, 5) is 25.0. The number of likely N-dealkylation sites (tertiary alicyclic amines) is 1. The Morgan fingerprint density at radius 3 is 2.83 bits per heavy atom. The van der Waals surface area contributed by atoms with E-state index in [0.717, 1.165) is 12.8 Å². The fourth-order valence-corrected chi connectivity index (χ4v) is 2.22. The molecule has 7 heteroatoms. The Bertz CT molecular complexity index is 456. The fraction of sp³-hybridized carbons (Fsp3) is 0.545. The molecule has 1 aromatic rings. The van der Waals surface area contributed by atoms with Gasteiger partial charge in [0.1, 0.15) is 18.4 Å². The third-order valence-corrected chi connectivity index (χ3v) is 3.11. The van der Waals surface area contributed by atoms with Crippen LogP contribution < -0.4 is 11.5 Å². The fourth-order valence-electron chi connectivity index (χ4n) is 2.22. The van der Waals surface area contributed by atoms with E-state index in [0.29, 0.717) is 18.8 Å². The maximum atomic E-state index is 12.1. The zero-order valence-electron chi connectivity index (χ0n) is 10.1. The van der Waals surface area contributed by atoms with Gasteiger partial charge in [-0.3, -0.25) is 14.3 Å². The van der Waals surface area contributed by atoms with E-state index >= 15 is 0 Å². The number of rotatable bonds is 3. The molecule has 7 nitrogen and oxygen atoms in total. The molecule has 0 aromatic carbocycles. The van der Waals surface area contributed by atoms with Gasteiger partial charge in [-0.05, 0) is 25.3 Å². The van der Waals surface area contributed by atoms with Crippen molar-refractivity contribution in [1.82, 2.24) is 14.7 Å². The molecular formula is C11H17N5O2. The second-order valence-corrected chi connectivity index (χ2v) is 4.44. The number of amides is 2. The highest BCUT2D eigenvalue weighted by molar-refractivity contribution is 5.86. The maximum Gasteiger partial charge on any atom is 0.244 e. The second kappa shape index (κ2) is 5.07. The van der Waals surface area contributed by atoms with Crippen LogP contribution in [0.3, 0.4) is 0 Å². The predicted octanol–water partition coefficient (Wildman–Crippen LogP) is -0.668. The Balaban J connectivity index is 2.04. The number of aromatic nitrogens is 2. The van der Waals surface area contributed by atoms with Gasteiger partial charge in [-0.15, -0.1) is 0 Å². The minimum Gasteiger partial charge on any atom is -0.382 e. The van der Waals surface area contributed by atoms with Crippen LogP contribution in [0.5, 0.6) is 0 Å². The largest absolute Gasteiger partial charge is 0.382 e. The van der Waals surface area contributed by atoms with E-state index in [1.165, 1.54) is 4.68 Å². The average molecular weight is 251 g/mol. The van der Waals surface area contributed by atoms with Crippen molar-refractivity contribution in [3.63, 3.8) is 0 Å². The number of nitrogens with two attached hydrogens (primary N) is 2. The average Bonchev–Trinajstić information content (AvgIpc) is 2.74. The number of carbonyl (C=O) groups excluding carboxylic acids is 2. The first-order valence-corrected chi connectivity index (χ1v) is 5.95. The summed E-state index contributed by atoms with van der Waals surface area (Å²) in [6.07, 6.45) is 4.10. The van der Waals surface area contributed by atoms with Crippen LogP contribution in [0.4, 0.5) is 5.82 Å². The quantitative estimate of drug-likeness (QED) is 0.742. The van der Waals surface area contributed by atoms with Gasteiger partial charge in [-0.2, -0.15) is 5.10 Å². The minimum absolute atomic E-state index is 0.0843. The van der Waals surface area contributed by atoms with Gasteiger partial charge in [-0.25, -0.2) is 0 Å². The van der Waals surface area contributed by atoms with Crippen molar-refractivity contribution in [2.24, 2.45) is 5.73 Å². The number of nitrogen functional groups attached to an aromatic ring is 1. The molecule has 2 heterocycles. The minimum atomic E-state index is -0.487. The van der Waals surface area contributed by atoms with Crippen molar-refractivity contribution in [2.75, 3.05) is 12.3 Å². The normalized spacial score (nSPS) is 19.8. The number of hydrogen-bond acceptors (Lipinski definition) is 4. The lowest BCUT2D eigenvalue weighted by molar-refractivity contribution is -0.141. The van der Waals surface area contributed by atoms with E-state index in [2.05, 4.69) is 5.10 Å². The molecule has 1 aromatic heterocycles. The van der Waals surface area contributed by atoms with Crippen LogP contribution in [0, 0.1) is 0 Å². The van der Waals surface area contributed by atoms with Gasteiger partial charge < -0.3 is 16.4 Å². The van der Waals surface area contributed by atoms with E-state index in [1.54, 1.807) is 17.2 Å². The molecule has 98 valence electrons. The number of anilines is 1. The van der Waals surface area contributed by atoms with E-state index < -0.39 is 11.9 Å². The summed E-state index contributed by atoms with van der Waals surface area (Å²) in [5.74, 6) is -0.225. The third kappa shape index (κ3) is 2.61. The maximum absolute atomic E-state index is 12.1. The van der Waals surface area contributed by atoms with Crippen LogP contribution >= 0.6 is 0 Å². The van der Waals surface area contributed by atoms with E-state index in [9.17, 15) is 9.59 Å². The Labute approximate surface area is 105 Å². The van der Waals surface area contributed by atoms with Gasteiger partial charge in [0.2, 0.25) is 11.8 Å². The second-order valence-electron chi connectivity index (χ2n) is 4.44.